The van der Waals surface area contributed by atoms with Gasteiger partial charge in [0.25, 0.3) is 0 Å². The van der Waals surface area contributed by atoms with Gasteiger partial charge < -0.3 is 19.3 Å². The van der Waals surface area contributed by atoms with E-state index in [9.17, 15) is 5.11 Å². The van der Waals surface area contributed by atoms with Crippen LogP contribution in [0.1, 0.15) is 18.1 Å². The standard InChI is InChI=1S/C26H35N3O4/c1-5-32-19-22(30)17-29(14-15-31-4)18-24-25(21-11-7-6-8-12-21)27-28(3)26(24)33-23-13-9-10-20(2)16-23/h6-13,16,22,30H,5,14-15,17-19H2,1-4H3. The molecule has 3 rings (SSSR count). The van der Waals surface area contributed by atoms with Crippen LogP contribution in [-0.2, 0) is 23.1 Å². The van der Waals surface area contributed by atoms with Crippen LogP contribution in [0.5, 0.6) is 11.6 Å². The maximum Gasteiger partial charge on any atom is 0.222 e. The molecule has 0 spiro atoms. The summed E-state index contributed by atoms with van der Waals surface area (Å²) in [4.78, 5) is 2.15. The van der Waals surface area contributed by atoms with E-state index >= 15 is 0 Å². The Kier molecular flexibility index (Phi) is 9.45. The number of aryl methyl sites for hydroxylation is 2. The summed E-state index contributed by atoms with van der Waals surface area (Å²) in [6.45, 7) is 7.05. The highest BCUT2D eigenvalue weighted by Crippen LogP contribution is 2.34. The monoisotopic (exact) mass is 453 g/mol. The Hall–Kier alpha value is -2.71. The summed E-state index contributed by atoms with van der Waals surface area (Å²) in [5, 5.41) is 15.3. The fourth-order valence-electron chi connectivity index (χ4n) is 3.72. The zero-order valence-corrected chi connectivity index (χ0v) is 20.0. The van der Waals surface area contributed by atoms with E-state index in [0.717, 1.165) is 28.1 Å². The number of nitrogens with zero attached hydrogens (tertiary/aromatic N) is 3. The molecule has 0 saturated carbocycles. The van der Waals surface area contributed by atoms with Crippen molar-refractivity contribution >= 4 is 0 Å². The molecule has 1 N–H and O–H groups in total. The van der Waals surface area contributed by atoms with E-state index < -0.39 is 6.10 Å². The van der Waals surface area contributed by atoms with Crippen LogP contribution in [0.25, 0.3) is 11.3 Å². The van der Waals surface area contributed by atoms with Crippen LogP contribution in [0.4, 0.5) is 0 Å². The number of aromatic nitrogens is 2. The molecule has 0 aliphatic rings. The number of hydrogen-bond donors (Lipinski definition) is 1. The van der Waals surface area contributed by atoms with Crippen molar-refractivity contribution in [1.82, 2.24) is 14.7 Å². The third kappa shape index (κ3) is 7.14. The highest BCUT2D eigenvalue weighted by atomic mass is 16.5. The molecule has 0 saturated heterocycles. The molecule has 0 aliphatic heterocycles. The summed E-state index contributed by atoms with van der Waals surface area (Å²) in [5.74, 6) is 1.44. The fraction of sp³-hybridized carbons (Fsp3) is 0.423. The van der Waals surface area contributed by atoms with Crippen molar-refractivity contribution in [3.8, 4) is 22.9 Å². The van der Waals surface area contributed by atoms with E-state index in [4.69, 9.17) is 19.3 Å². The Morgan fingerprint density at radius 3 is 2.61 bits per heavy atom. The maximum absolute atomic E-state index is 10.5. The van der Waals surface area contributed by atoms with Crippen molar-refractivity contribution in [3.05, 3.63) is 65.7 Å². The van der Waals surface area contributed by atoms with Gasteiger partial charge in [0, 0.05) is 46.0 Å². The lowest BCUT2D eigenvalue weighted by Gasteiger charge is -2.25. The Morgan fingerprint density at radius 1 is 1.12 bits per heavy atom. The van der Waals surface area contributed by atoms with Crippen molar-refractivity contribution in [3.63, 3.8) is 0 Å². The van der Waals surface area contributed by atoms with E-state index in [1.807, 2.05) is 75.5 Å². The minimum atomic E-state index is -0.597. The predicted octanol–water partition coefficient (Wildman–Crippen LogP) is 4.03. The van der Waals surface area contributed by atoms with Gasteiger partial charge in [-0.25, -0.2) is 4.68 Å². The molecule has 33 heavy (non-hydrogen) atoms. The number of aliphatic hydroxyl groups is 1. The van der Waals surface area contributed by atoms with Gasteiger partial charge in [0.05, 0.1) is 24.9 Å². The Balaban J connectivity index is 1.96. The van der Waals surface area contributed by atoms with Crippen molar-refractivity contribution in [2.45, 2.75) is 26.5 Å². The van der Waals surface area contributed by atoms with Crippen LogP contribution in [0.2, 0.25) is 0 Å². The summed E-state index contributed by atoms with van der Waals surface area (Å²) < 4.78 is 18.9. The highest BCUT2D eigenvalue weighted by molar-refractivity contribution is 5.65. The molecule has 1 aromatic heterocycles. The van der Waals surface area contributed by atoms with Gasteiger partial charge in [0.2, 0.25) is 5.88 Å². The van der Waals surface area contributed by atoms with E-state index in [-0.39, 0.29) is 0 Å². The SMILES string of the molecule is CCOCC(O)CN(CCOC)Cc1c(-c2ccccc2)nn(C)c1Oc1cccc(C)c1. The molecule has 1 unspecified atom stereocenters. The largest absolute Gasteiger partial charge is 0.439 e. The molecule has 3 aromatic rings. The average Bonchev–Trinajstić information content (AvgIpc) is 3.11. The Bertz CT molecular complexity index is 990. The van der Waals surface area contributed by atoms with E-state index in [0.29, 0.717) is 45.3 Å². The van der Waals surface area contributed by atoms with Crippen LogP contribution >= 0.6 is 0 Å². The second kappa shape index (κ2) is 12.5. The van der Waals surface area contributed by atoms with Gasteiger partial charge >= 0.3 is 0 Å². The average molecular weight is 454 g/mol. The number of ether oxygens (including phenoxy) is 3. The molecule has 0 fully saturated rings. The van der Waals surface area contributed by atoms with Gasteiger partial charge in [-0.05, 0) is 31.5 Å². The van der Waals surface area contributed by atoms with Crippen molar-refractivity contribution in [2.24, 2.45) is 7.05 Å². The van der Waals surface area contributed by atoms with E-state index in [1.165, 1.54) is 0 Å². The van der Waals surface area contributed by atoms with Crippen LogP contribution in [-0.4, -0.2) is 65.9 Å². The number of hydrogen-bond acceptors (Lipinski definition) is 6. The minimum Gasteiger partial charge on any atom is -0.439 e. The number of aliphatic hydroxyl groups excluding tert-OH is 1. The summed E-state index contributed by atoms with van der Waals surface area (Å²) in [6, 6.07) is 18.1. The van der Waals surface area contributed by atoms with Gasteiger partial charge in [0.1, 0.15) is 11.4 Å². The Labute approximate surface area is 196 Å². The molecular formula is C26H35N3O4. The van der Waals surface area contributed by atoms with Gasteiger partial charge in [-0.15, -0.1) is 0 Å². The molecular weight excluding hydrogens is 418 g/mol. The van der Waals surface area contributed by atoms with Crippen LogP contribution in [0.3, 0.4) is 0 Å². The molecule has 2 aromatic carbocycles. The molecule has 0 amide bonds. The van der Waals surface area contributed by atoms with Gasteiger partial charge in [-0.3, -0.25) is 4.90 Å². The molecule has 178 valence electrons. The van der Waals surface area contributed by atoms with E-state index in [2.05, 4.69) is 4.90 Å². The van der Waals surface area contributed by atoms with Gasteiger partial charge in [0.15, 0.2) is 0 Å². The lowest BCUT2D eigenvalue weighted by atomic mass is 10.1. The second-order valence-corrected chi connectivity index (χ2v) is 8.08. The third-order valence-electron chi connectivity index (χ3n) is 5.32. The first-order valence-electron chi connectivity index (χ1n) is 11.3. The summed E-state index contributed by atoms with van der Waals surface area (Å²) in [5.41, 5.74) is 3.97. The van der Waals surface area contributed by atoms with Crippen molar-refractivity contribution in [1.29, 1.82) is 0 Å². The predicted molar refractivity (Wildman–Crippen MR) is 130 cm³/mol. The molecule has 0 radical (unpaired) electrons. The molecule has 0 bridgehead atoms. The van der Waals surface area contributed by atoms with Gasteiger partial charge in [-0.1, -0.05) is 42.5 Å². The normalized spacial score (nSPS) is 12.3. The summed E-state index contributed by atoms with van der Waals surface area (Å²) >= 11 is 0. The first-order valence-corrected chi connectivity index (χ1v) is 11.3. The zero-order valence-electron chi connectivity index (χ0n) is 20.0. The van der Waals surface area contributed by atoms with Gasteiger partial charge in [-0.2, -0.15) is 5.10 Å². The second-order valence-electron chi connectivity index (χ2n) is 8.08. The fourth-order valence-corrected chi connectivity index (χ4v) is 3.72. The molecule has 1 atom stereocenters. The van der Waals surface area contributed by atoms with Crippen LogP contribution < -0.4 is 4.74 Å². The first-order chi connectivity index (χ1) is 16.0. The summed E-state index contributed by atoms with van der Waals surface area (Å²) in [6.07, 6.45) is -0.597. The summed E-state index contributed by atoms with van der Waals surface area (Å²) in [7, 11) is 3.57. The number of methoxy groups -OCH3 is 1. The Morgan fingerprint density at radius 2 is 1.91 bits per heavy atom. The lowest BCUT2D eigenvalue weighted by Crippen LogP contribution is -2.36. The first kappa shape index (κ1) is 24.9. The maximum atomic E-state index is 10.5. The molecule has 1 heterocycles. The molecule has 0 aliphatic carbocycles. The zero-order chi connectivity index (χ0) is 23.6. The quantitative estimate of drug-likeness (QED) is 0.421. The van der Waals surface area contributed by atoms with Crippen molar-refractivity contribution in [2.75, 3.05) is 40.0 Å². The third-order valence-corrected chi connectivity index (χ3v) is 5.32. The van der Waals surface area contributed by atoms with Crippen molar-refractivity contribution < 1.29 is 19.3 Å². The molecule has 7 nitrogen and oxygen atoms in total. The van der Waals surface area contributed by atoms with Crippen LogP contribution in [0.15, 0.2) is 54.6 Å². The smallest absolute Gasteiger partial charge is 0.222 e. The minimum absolute atomic E-state index is 0.297. The number of benzene rings is 2. The molecule has 7 heteroatoms. The topological polar surface area (TPSA) is 69.0 Å². The number of rotatable bonds is 13. The highest BCUT2D eigenvalue weighted by Gasteiger charge is 2.23. The van der Waals surface area contributed by atoms with Crippen LogP contribution in [0, 0.1) is 6.92 Å². The van der Waals surface area contributed by atoms with E-state index in [1.54, 1.807) is 11.8 Å². The lowest BCUT2D eigenvalue weighted by molar-refractivity contribution is 0.0148.